The highest BCUT2D eigenvalue weighted by atomic mass is 16.3. The van der Waals surface area contributed by atoms with Gasteiger partial charge in [0, 0.05) is 12.5 Å². The van der Waals surface area contributed by atoms with Crippen LogP contribution in [-0.2, 0) is 19.6 Å². The summed E-state index contributed by atoms with van der Waals surface area (Å²) in [5, 5.41) is 18.1. The van der Waals surface area contributed by atoms with Gasteiger partial charge in [0.2, 0.25) is 0 Å². The Kier molecular flexibility index (Phi) is 3.07. The molecule has 0 bridgehead atoms. The summed E-state index contributed by atoms with van der Waals surface area (Å²) >= 11 is 0. The van der Waals surface area contributed by atoms with Crippen LogP contribution >= 0.6 is 0 Å². The molecule has 4 rings (SSSR count). The maximum atomic E-state index is 9.45. The number of aryl methyl sites for hydroxylation is 1. The van der Waals surface area contributed by atoms with Crippen LogP contribution in [0.5, 0.6) is 0 Å². The Labute approximate surface area is 124 Å². The first-order valence-corrected chi connectivity index (χ1v) is 7.95. The van der Waals surface area contributed by atoms with Gasteiger partial charge in [-0.2, -0.15) is 0 Å². The molecule has 0 spiro atoms. The van der Waals surface area contributed by atoms with E-state index in [9.17, 15) is 5.11 Å². The van der Waals surface area contributed by atoms with E-state index in [-0.39, 0.29) is 6.61 Å². The SMILES string of the molecule is CCCn1c(CO)nnc1C1C2CCc3ccccc3C21. The zero-order valence-electron chi connectivity index (χ0n) is 12.4. The molecule has 1 aromatic carbocycles. The Morgan fingerprint density at radius 2 is 2.10 bits per heavy atom. The van der Waals surface area contributed by atoms with Gasteiger partial charge in [0.1, 0.15) is 12.4 Å². The summed E-state index contributed by atoms with van der Waals surface area (Å²) in [5.74, 6) is 3.62. The molecular weight excluding hydrogens is 262 g/mol. The van der Waals surface area contributed by atoms with Gasteiger partial charge < -0.3 is 9.67 Å². The van der Waals surface area contributed by atoms with Gasteiger partial charge in [-0.1, -0.05) is 31.2 Å². The number of fused-ring (bicyclic) bond motifs is 3. The Hall–Kier alpha value is -1.68. The van der Waals surface area contributed by atoms with Crippen LogP contribution in [0.3, 0.4) is 0 Å². The molecule has 2 aliphatic rings. The van der Waals surface area contributed by atoms with Gasteiger partial charge in [0.05, 0.1) is 0 Å². The average Bonchev–Trinajstić information content (AvgIpc) is 3.13. The number of rotatable bonds is 4. The summed E-state index contributed by atoms with van der Waals surface area (Å²) in [6.07, 6.45) is 3.47. The van der Waals surface area contributed by atoms with Crippen molar-refractivity contribution in [2.45, 2.75) is 51.2 Å². The number of benzene rings is 1. The van der Waals surface area contributed by atoms with Crippen molar-refractivity contribution >= 4 is 0 Å². The van der Waals surface area contributed by atoms with Crippen LogP contribution in [0.2, 0.25) is 0 Å². The summed E-state index contributed by atoms with van der Waals surface area (Å²) < 4.78 is 2.14. The molecular formula is C17H21N3O. The minimum atomic E-state index is -0.0222. The third-order valence-electron chi connectivity index (χ3n) is 5.07. The van der Waals surface area contributed by atoms with Crippen molar-refractivity contribution in [3.05, 3.63) is 47.0 Å². The molecule has 0 radical (unpaired) electrons. The van der Waals surface area contributed by atoms with Crippen molar-refractivity contribution in [2.24, 2.45) is 5.92 Å². The minimum absolute atomic E-state index is 0.0222. The number of hydrogen-bond donors (Lipinski definition) is 1. The average molecular weight is 283 g/mol. The predicted octanol–water partition coefficient (Wildman–Crippen LogP) is 2.62. The maximum Gasteiger partial charge on any atom is 0.158 e. The largest absolute Gasteiger partial charge is 0.388 e. The van der Waals surface area contributed by atoms with Crippen molar-refractivity contribution in [2.75, 3.05) is 0 Å². The van der Waals surface area contributed by atoms with Gasteiger partial charge in [-0.25, -0.2) is 0 Å². The number of nitrogens with zero attached hydrogens (tertiary/aromatic N) is 3. The lowest BCUT2D eigenvalue weighted by atomic mass is 9.92. The molecule has 4 nitrogen and oxygen atoms in total. The third kappa shape index (κ3) is 1.93. The molecule has 110 valence electrons. The Bertz CT molecular complexity index is 664. The monoisotopic (exact) mass is 283 g/mol. The highest BCUT2D eigenvalue weighted by Gasteiger charge is 2.56. The van der Waals surface area contributed by atoms with E-state index in [1.807, 2.05) is 0 Å². The van der Waals surface area contributed by atoms with Gasteiger partial charge >= 0.3 is 0 Å². The minimum Gasteiger partial charge on any atom is -0.388 e. The summed E-state index contributed by atoms with van der Waals surface area (Å²) in [5.41, 5.74) is 3.01. The van der Waals surface area contributed by atoms with E-state index >= 15 is 0 Å². The zero-order chi connectivity index (χ0) is 14.4. The zero-order valence-corrected chi connectivity index (χ0v) is 12.4. The van der Waals surface area contributed by atoms with Crippen LogP contribution in [0, 0.1) is 5.92 Å². The van der Waals surface area contributed by atoms with Gasteiger partial charge in [-0.3, -0.25) is 0 Å². The first-order valence-electron chi connectivity index (χ1n) is 7.95. The molecule has 4 heteroatoms. The normalized spacial score (nSPS) is 26.3. The molecule has 1 heterocycles. The second-order valence-corrected chi connectivity index (χ2v) is 6.24. The van der Waals surface area contributed by atoms with E-state index in [0.717, 1.165) is 18.8 Å². The van der Waals surface area contributed by atoms with Crippen LogP contribution in [0.1, 0.15) is 54.4 Å². The number of hydrogen-bond acceptors (Lipinski definition) is 3. The highest BCUT2D eigenvalue weighted by Crippen LogP contribution is 2.64. The second-order valence-electron chi connectivity index (χ2n) is 6.24. The van der Waals surface area contributed by atoms with Crippen LogP contribution in [0.15, 0.2) is 24.3 Å². The van der Waals surface area contributed by atoms with E-state index in [0.29, 0.717) is 23.6 Å². The lowest BCUT2D eigenvalue weighted by molar-refractivity contribution is 0.264. The Morgan fingerprint density at radius 1 is 1.24 bits per heavy atom. The van der Waals surface area contributed by atoms with Gasteiger partial charge in [0.25, 0.3) is 0 Å². The van der Waals surface area contributed by atoms with E-state index < -0.39 is 0 Å². The number of aromatic nitrogens is 3. The predicted molar refractivity (Wildman–Crippen MR) is 80.0 cm³/mol. The molecule has 1 saturated carbocycles. The van der Waals surface area contributed by atoms with Crippen molar-refractivity contribution in [1.82, 2.24) is 14.8 Å². The van der Waals surface area contributed by atoms with E-state index in [1.54, 1.807) is 0 Å². The molecule has 1 fully saturated rings. The molecule has 1 aromatic heterocycles. The summed E-state index contributed by atoms with van der Waals surface area (Å²) in [6, 6.07) is 8.82. The van der Waals surface area contributed by atoms with Crippen LogP contribution < -0.4 is 0 Å². The first kappa shape index (κ1) is 13.0. The molecule has 21 heavy (non-hydrogen) atoms. The second kappa shape index (κ2) is 4.95. The maximum absolute atomic E-state index is 9.45. The standard InChI is InChI=1S/C17H21N3O/c1-2-9-20-14(10-21)18-19-17(20)16-13-8-7-11-5-3-4-6-12(11)15(13)16/h3-6,13,15-16,21H,2,7-10H2,1H3. The van der Waals surface area contributed by atoms with E-state index in [2.05, 4.69) is 46.0 Å². The fraction of sp³-hybridized carbons (Fsp3) is 0.529. The molecule has 3 unspecified atom stereocenters. The molecule has 2 aliphatic carbocycles. The summed E-state index contributed by atoms with van der Waals surface area (Å²) in [4.78, 5) is 0. The molecule has 3 atom stereocenters. The third-order valence-corrected chi connectivity index (χ3v) is 5.07. The van der Waals surface area contributed by atoms with Crippen molar-refractivity contribution < 1.29 is 5.11 Å². The molecule has 0 aliphatic heterocycles. The Balaban J connectivity index is 1.70. The molecule has 2 aromatic rings. The summed E-state index contributed by atoms with van der Waals surface area (Å²) in [6.45, 7) is 3.03. The van der Waals surface area contributed by atoms with Crippen molar-refractivity contribution in [3.63, 3.8) is 0 Å². The highest BCUT2D eigenvalue weighted by molar-refractivity contribution is 5.43. The van der Waals surface area contributed by atoms with Crippen LogP contribution in [0.25, 0.3) is 0 Å². The fourth-order valence-corrected chi connectivity index (χ4v) is 4.10. The number of aliphatic hydroxyl groups is 1. The fourth-order valence-electron chi connectivity index (χ4n) is 4.10. The first-order chi connectivity index (χ1) is 10.3. The topological polar surface area (TPSA) is 50.9 Å². The Morgan fingerprint density at radius 3 is 2.90 bits per heavy atom. The molecule has 0 amide bonds. The van der Waals surface area contributed by atoms with E-state index in [1.165, 1.54) is 24.0 Å². The lowest BCUT2D eigenvalue weighted by Crippen LogP contribution is -2.07. The van der Waals surface area contributed by atoms with Gasteiger partial charge in [0.15, 0.2) is 5.82 Å². The van der Waals surface area contributed by atoms with Crippen LogP contribution in [-0.4, -0.2) is 19.9 Å². The van der Waals surface area contributed by atoms with E-state index in [4.69, 9.17) is 0 Å². The summed E-state index contributed by atoms with van der Waals surface area (Å²) in [7, 11) is 0. The van der Waals surface area contributed by atoms with Crippen molar-refractivity contribution in [3.8, 4) is 0 Å². The molecule has 0 saturated heterocycles. The van der Waals surface area contributed by atoms with Gasteiger partial charge in [-0.15, -0.1) is 10.2 Å². The van der Waals surface area contributed by atoms with Gasteiger partial charge in [-0.05, 0) is 42.2 Å². The smallest absolute Gasteiger partial charge is 0.158 e. The van der Waals surface area contributed by atoms with Crippen LogP contribution in [0.4, 0.5) is 0 Å². The number of aliphatic hydroxyl groups excluding tert-OH is 1. The molecule has 1 N–H and O–H groups in total. The lowest BCUT2D eigenvalue weighted by Gasteiger charge is -2.13. The van der Waals surface area contributed by atoms with Crippen molar-refractivity contribution in [1.29, 1.82) is 0 Å². The quantitative estimate of drug-likeness (QED) is 0.938.